The van der Waals surface area contributed by atoms with E-state index in [1.165, 1.54) is 4.90 Å². The monoisotopic (exact) mass is 564 g/mol. The molecule has 11 heteroatoms. The van der Waals surface area contributed by atoms with E-state index in [-0.39, 0.29) is 43.8 Å². The largest absolute Gasteiger partial charge is 0.497 e. The lowest BCUT2D eigenvalue weighted by atomic mass is 9.97. The lowest BCUT2D eigenvalue weighted by molar-refractivity contribution is -0.142. The molecule has 41 heavy (non-hydrogen) atoms. The third-order valence-corrected chi connectivity index (χ3v) is 6.91. The summed E-state index contributed by atoms with van der Waals surface area (Å²) in [6.45, 7) is 7.75. The number of carbonyl (C=O) groups excluding carboxylic acids is 3. The fourth-order valence-corrected chi connectivity index (χ4v) is 4.30. The highest BCUT2D eigenvalue weighted by Crippen LogP contribution is 2.34. The molecule has 1 aromatic heterocycles. The van der Waals surface area contributed by atoms with E-state index in [9.17, 15) is 14.4 Å². The van der Waals surface area contributed by atoms with E-state index in [0.29, 0.717) is 35.0 Å². The highest BCUT2D eigenvalue weighted by molar-refractivity contribution is 5.94. The Morgan fingerprint density at radius 3 is 2.44 bits per heavy atom. The van der Waals surface area contributed by atoms with Crippen molar-refractivity contribution >= 4 is 23.5 Å². The average molecular weight is 565 g/mol. The fraction of sp³-hybridized carbons (Fsp3) is 0.400. The Hall–Kier alpha value is -4.54. The van der Waals surface area contributed by atoms with Crippen LogP contribution in [-0.2, 0) is 20.9 Å². The topological polar surface area (TPSA) is 132 Å². The Labute approximate surface area is 239 Å². The quantitative estimate of drug-likeness (QED) is 0.328. The Bertz CT molecular complexity index is 1380. The normalized spacial score (nSPS) is 12.9. The predicted molar refractivity (Wildman–Crippen MR) is 150 cm³/mol. The van der Waals surface area contributed by atoms with Crippen LogP contribution in [0.3, 0.4) is 0 Å². The number of nitrogens with one attached hydrogen (secondary N) is 2. The minimum atomic E-state index is -0.981. The summed E-state index contributed by atoms with van der Waals surface area (Å²) in [6, 6.07) is 13.0. The van der Waals surface area contributed by atoms with E-state index >= 15 is 0 Å². The van der Waals surface area contributed by atoms with Gasteiger partial charge in [0.1, 0.15) is 17.6 Å². The molecule has 0 spiro atoms. The van der Waals surface area contributed by atoms with Gasteiger partial charge in [0.05, 0.1) is 7.11 Å². The number of ether oxygens (including phenoxy) is 3. The van der Waals surface area contributed by atoms with Crippen LogP contribution in [0.2, 0.25) is 0 Å². The number of aryl methyl sites for hydroxylation is 1. The van der Waals surface area contributed by atoms with Crippen LogP contribution in [-0.4, -0.2) is 47.2 Å². The lowest BCUT2D eigenvalue weighted by Gasteiger charge is -2.35. The van der Waals surface area contributed by atoms with Gasteiger partial charge in [-0.15, -0.1) is 0 Å². The molecule has 218 valence electrons. The minimum Gasteiger partial charge on any atom is -0.497 e. The molecule has 0 saturated carbocycles. The maximum Gasteiger partial charge on any atom is 0.247 e. The Kier molecular flexibility index (Phi) is 9.16. The zero-order valence-corrected chi connectivity index (χ0v) is 24.0. The maximum atomic E-state index is 13.9. The number of hydrogen-bond acceptors (Lipinski definition) is 8. The smallest absolute Gasteiger partial charge is 0.247 e. The Morgan fingerprint density at radius 2 is 1.78 bits per heavy atom. The number of methoxy groups -OCH3 is 1. The molecule has 4 rings (SSSR count). The molecule has 2 aromatic carbocycles. The molecule has 0 fully saturated rings. The van der Waals surface area contributed by atoms with Crippen LogP contribution in [0.5, 0.6) is 17.2 Å². The Morgan fingerprint density at radius 1 is 1.05 bits per heavy atom. The second-order valence-electron chi connectivity index (χ2n) is 10.5. The van der Waals surface area contributed by atoms with Crippen molar-refractivity contribution in [1.82, 2.24) is 15.4 Å². The van der Waals surface area contributed by atoms with Crippen molar-refractivity contribution in [3.8, 4) is 17.2 Å². The zero-order chi connectivity index (χ0) is 29.6. The number of nitrogens with zero attached hydrogens (tertiary/aromatic N) is 2. The molecule has 0 unspecified atom stereocenters. The summed E-state index contributed by atoms with van der Waals surface area (Å²) in [7, 11) is 1.56. The first-order chi connectivity index (χ1) is 19.6. The molecule has 2 N–H and O–H groups in total. The number of amides is 3. The molecule has 1 aliphatic rings. The molecule has 0 bridgehead atoms. The van der Waals surface area contributed by atoms with E-state index in [0.717, 1.165) is 5.56 Å². The molecule has 3 aromatic rings. The second-order valence-corrected chi connectivity index (χ2v) is 10.5. The van der Waals surface area contributed by atoms with Gasteiger partial charge in [-0.05, 0) is 62.6 Å². The summed E-state index contributed by atoms with van der Waals surface area (Å²) in [5, 5.41) is 9.48. The first-order valence-corrected chi connectivity index (χ1v) is 13.5. The standard InChI is InChI=1S/C30H36N4O7/c1-6-30(3,4)32-29(37)28(21-8-10-22(38-5)11-9-21)34(17-20-7-12-23-24(16-20)40-18-39-23)27(36)14-13-26(35)31-25-15-19(2)41-33-25/h7-12,15-16,28H,6,13-14,17-18H2,1-5H3,(H,32,37)(H,31,33,35)/t28-/m1/s1. The van der Waals surface area contributed by atoms with Gasteiger partial charge in [0.2, 0.25) is 24.5 Å². The Balaban J connectivity index is 1.65. The van der Waals surface area contributed by atoms with Crippen molar-refractivity contribution in [3.63, 3.8) is 0 Å². The van der Waals surface area contributed by atoms with Gasteiger partial charge in [-0.3, -0.25) is 14.4 Å². The first kappa shape index (κ1) is 29.4. The molecular formula is C30H36N4O7. The molecule has 0 radical (unpaired) electrons. The van der Waals surface area contributed by atoms with Crippen molar-refractivity contribution in [3.05, 3.63) is 65.4 Å². The number of hydrogen-bond donors (Lipinski definition) is 2. The molecule has 11 nitrogen and oxygen atoms in total. The van der Waals surface area contributed by atoms with Gasteiger partial charge in [0.15, 0.2) is 17.3 Å². The van der Waals surface area contributed by atoms with Gasteiger partial charge in [-0.1, -0.05) is 30.3 Å². The molecule has 1 atom stereocenters. The van der Waals surface area contributed by atoms with E-state index < -0.39 is 17.5 Å². The first-order valence-electron chi connectivity index (χ1n) is 13.5. The number of rotatable bonds is 12. The number of fused-ring (bicyclic) bond motifs is 1. The van der Waals surface area contributed by atoms with Crippen molar-refractivity contribution in [1.29, 1.82) is 0 Å². The van der Waals surface area contributed by atoms with Gasteiger partial charge in [0, 0.05) is 31.0 Å². The lowest BCUT2D eigenvalue weighted by Crippen LogP contribution is -2.50. The number of benzene rings is 2. The van der Waals surface area contributed by atoms with Crippen molar-refractivity contribution < 1.29 is 33.1 Å². The third kappa shape index (κ3) is 7.56. The molecule has 0 aliphatic carbocycles. The number of aromatic nitrogens is 1. The molecule has 0 saturated heterocycles. The van der Waals surface area contributed by atoms with E-state index in [4.69, 9.17) is 18.7 Å². The molecular weight excluding hydrogens is 528 g/mol. The predicted octanol–water partition coefficient (Wildman–Crippen LogP) is 4.51. The van der Waals surface area contributed by atoms with Gasteiger partial charge in [-0.2, -0.15) is 0 Å². The van der Waals surface area contributed by atoms with Crippen molar-refractivity contribution in [2.45, 2.75) is 65.1 Å². The summed E-state index contributed by atoms with van der Waals surface area (Å²) < 4.78 is 21.3. The molecule has 1 aliphatic heterocycles. The highest BCUT2D eigenvalue weighted by atomic mass is 16.7. The van der Waals surface area contributed by atoms with Gasteiger partial charge in [0.25, 0.3) is 0 Å². The van der Waals surface area contributed by atoms with Crippen LogP contribution < -0.4 is 24.8 Å². The fourth-order valence-electron chi connectivity index (χ4n) is 4.30. The van der Waals surface area contributed by atoms with E-state index in [1.807, 2.05) is 26.8 Å². The van der Waals surface area contributed by atoms with Crippen molar-refractivity contribution in [2.75, 3.05) is 19.2 Å². The average Bonchev–Trinajstić information content (AvgIpc) is 3.59. The van der Waals surface area contributed by atoms with Crippen LogP contribution >= 0.6 is 0 Å². The molecule has 2 heterocycles. The zero-order valence-electron chi connectivity index (χ0n) is 24.0. The highest BCUT2D eigenvalue weighted by Gasteiger charge is 2.34. The minimum absolute atomic E-state index is 0.0935. The van der Waals surface area contributed by atoms with Crippen LogP contribution in [0.4, 0.5) is 5.82 Å². The van der Waals surface area contributed by atoms with E-state index in [1.54, 1.807) is 56.5 Å². The SMILES string of the molecule is CCC(C)(C)NC(=O)[C@@H](c1ccc(OC)cc1)N(Cc1ccc2c(c1)OCO2)C(=O)CCC(=O)Nc1cc(C)on1. The van der Waals surface area contributed by atoms with Crippen LogP contribution in [0.1, 0.15) is 63.0 Å². The summed E-state index contributed by atoms with van der Waals surface area (Å²) in [5.74, 6) is 1.51. The van der Waals surface area contributed by atoms with Gasteiger partial charge >= 0.3 is 0 Å². The van der Waals surface area contributed by atoms with Gasteiger partial charge < -0.3 is 34.3 Å². The van der Waals surface area contributed by atoms with E-state index in [2.05, 4.69) is 15.8 Å². The molecule has 3 amide bonds. The summed E-state index contributed by atoms with van der Waals surface area (Å²) in [6.07, 6.45) is 0.440. The van der Waals surface area contributed by atoms with Crippen molar-refractivity contribution in [2.24, 2.45) is 0 Å². The number of carbonyl (C=O) groups is 3. The summed E-state index contributed by atoms with van der Waals surface area (Å²) in [5.41, 5.74) is 0.836. The number of anilines is 1. The second kappa shape index (κ2) is 12.8. The van der Waals surface area contributed by atoms with Crippen LogP contribution in [0.25, 0.3) is 0 Å². The van der Waals surface area contributed by atoms with Gasteiger partial charge in [-0.25, -0.2) is 0 Å². The van der Waals surface area contributed by atoms with Crippen LogP contribution in [0, 0.1) is 6.92 Å². The third-order valence-electron chi connectivity index (χ3n) is 6.91. The van der Waals surface area contributed by atoms with Crippen LogP contribution in [0.15, 0.2) is 53.1 Å². The summed E-state index contributed by atoms with van der Waals surface area (Å²) in [4.78, 5) is 41.9. The maximum absolute atomic E-state index is 13.9. The summed E-state index contributed by atoms with van der Waals surface area (Å²) >= 11 is 0.